The minimum absolute atomic E-state index is 0.219. The molecular formula is C13H13BrN4O. The van der Waals surface area contributed by atoms with Crippen LogP contribution in [0.3, 0.4) is 0 Å². The minimum Gasteiger partial charge on any atom is -0.321 e. The number of hydrogen-bond acceptors (Lipinski definition) is 4. The zero-order valence-corrected chi connectivity index (χ0v) is 11.9. The number of halogens is 1. The minimum atomic E-state index is -0.219. The van der Waals surface area contributed by atoms with Gasteiger partial charge in [0.2, 0.25) is 0 Å². The second-order valence-corrected chi connectivity index (χ2v) is 4.87. The summed E-state index contributed by atoms with van der Waals surface area (Å²) in [5.41, 5.74) is 4.72. The molecule has 0 atom stereocenters. The van der Waals surface area contributed by atoms with Gasteiger partial charge in [-0.25, -0.2) is 10.8 Å². The van der Waals surface area contributed by atoms with Crippen LogP contribution >= 0.6 is 15.9 Å². The third-order valence-corrected chi connectivity index (χ3v) is 3.20. The summed E-state index contributed by atoms with van der Waals surface area (Å²) < 4.78 is 0.840. The SMILES string of the molecule is Cc1ccc(NC(=O)c2ccnc(NN)c2)c(Br)c1. The Labute approximate surface area is 119 Å². The van der Waals surface area contributed by atoms with Crippen molar-refractivity contribution in [2.24, 2.45) is 5.84 Å². The summed E-state index contributed by atoms with van der Waals surface area (Å²) in [4.78, 5) is 16.0. The van der Waals surface area contributed by atoms with E-state index in [1.807, 2.05) is 25.1 Å². The van der Waals surface area contributed by atoms with Crippen molar-refractivity contribution in [3.8, 4) is 0 Å². The molecule has 0 spiro atoms. The van der Waals surface area contributed by atoms with Gasteiger partial charge in [0.1, 0.15) is 5.82 Å². The Bertz CT molecular complexity index is 615. The van der Waals surface area contributed by atoms with Crippen molar-refractivity contribution in [1.29, 1.82) is 0 Å². The van der Waals surface area contributed by atoms with Crippen LogP contribution < -0.4 is 16.6 Å². The Morgan fingerprint density at radius 3 is 2.79 bits per heavy atom. The van der Waals surface area contributed by atoms with E-state index in [2.05, 4.69) is 31.7 Å². The maximum absolute atomic E-state index is 12.1. The van der Waals surface area contributed by atoms with E-state index in [0.717, 1.165) is 15.7 Å². The van der Waals surface area contributed by atoms with Crippen LogP contribution in [-0.4, -0.2) is 10.9 Å². The molecule has 1 amide bonds. The molecule has 2 rings (SSSR count). The second kappa shape index (κ2) is 5.81. The Morgan fingerprint density at radius 1 is 1.32 bits per heavy atom. The molecule has 1 aromatic carbocycles. The van der Waals surface area contributed by atoms with Crippen molar-refractivity contribution in [2.45, 2.75) is 6.92 Å². The molecule has 6 heteroatoms. The standard InChI is InChI=1S/C13H13BrN4O/c1-8-2-3-11(10(14)6-8)17-13(19)9-4-5-16-12(7-9)18-15/h2-7H,15H2,1H3,(H,16,18)(H,17,19). The Hall–Kier alpha value is -1.92. The molecule has 1 aromatic heterocycles. The number of rotatable bonds is 3. The third-order valence-electron chi connectivity index (χ3n) is 2.54. The van der Waals surface area contributed by atoms with E-state index in [4.69, 9.17) is 5.84 Å². The van der Waals surface area contributed by atoms with Gasteiger partial charge < -0.3 is 10.7 Å². The second-order valence-electron chi connectivity index (χ2n) is 4.01. The normalized spacial score (nSPS) is 10.1. The summed E-state index contributed by atoms with van der Waals surface area (Å²) in [6, 6.07) is 8.92. The lowest BCUT2D eigenvalue weighted by molar-refractivity contribution is 0.102. The molecule has 2 aromatic rings. The summed E-state index contributed by atoms with van der Waals surface area (Å²) in [6.45, 7) is 1.98. The first-order valence-electron chi connectivity index (χ1n) is 5.60. The summed E-state index contributed by atoms with van der Waals surface area (Å²) in [5.74, 6) is 5.48. The molecule has 1 heterocycles. The topological polar surface area (TPSA) is 80.0 Å². The van der Waals surface area contributed by atoms with Crippen LogP contribution in [0.5, 0.6) is 0 Å². The molecule has 98 valence electrons. The van der Waals surface area contributed by atoms with Gasteiger partial charge in [0.05, 0.1) is 5.69 Å². The number of hydrazine groups is 1. The van der Waals surface area contributed by atoms with Crippen molar-refractivity contribution >= 4 is 33.3 Å². The lowest BCUT2D eigenvalue weighted by atomic mass is 10.2. The number of aromatic nitrogens is 1. The number of carbonyl (C=O) groups excluding carboxylic acids is 1. The predicted octanol–water partition coefficient (Wildman–Crippen LogP) is 2.69. The Balaban J connectivity index is 2.20. The van der Waals surface area contributed by atoms with E-state index in [1.165, 1.54) is 6.20 Å². The van der Waals surface area contributed by atoms with Crippen molar-refractivity contribution < 1.29 is 4.79 Å². The molecule has 0 fully saturated rings. The molecule has 0 aliphatic rings. The first kappa shape index (κ1) is 13.5. The van der Waals surface area contributed by atoms with Gasteiger partial charge in [-0.3, -0.25) is 4.79 Å². The molecule has 0 unspecified atom stereocenters. The molecule has 0 radical (unpaired) electrons. The van der Waals surface area contributed by atoms with Gasteiger partial charge in [0.15, 0.2) is 0 Å². The van der Waals surface area contributed by atoms with Gasteiger partial charge in [-0.15, -0.1) is 0 Å². The highest BCUT2D eigenvalue weighted by Crippen LogP contribution is 2.24. The van der Waals surface area contributed by atoms with Crippen molar-refractivity contribution in [1.82, 2.24) is 4.98 Å². The van der Waals surface area contributed by atoms with Gasteiger partial charge in [0.25, 0.3) is 5.91 Å². The molecular weight excluding hydrogens is 308 g/mol. The molecule has 4 N–H and O–H groups in total. The van der Waals surface area contributed by atoms with Crippen LogP contribution in [0.2, 0.25) is 0 Å². The van der Waals surface area contributed by atoms with Gasteiger partial charge >= 0.3 is 0 Å². The van der Waals surface area contributed by atoms with E-state index in [0.29, 0.717) is 11.4 Å². The quantitative estimate of drug-likeness (QED) is 0.600. The highest BCUT2D eigenvalue weighted by molar-refractivity contribution is 9.10. The third kappa shape index (κ3) is 3.30. The van der Waals surface area contributed by atoms with Crippen LogP contribution in [0.25, 0.3) is 0 Å². The number of anilines is 2. The number of carbonyl (C=O) groups is 1. The average Bonchev–Trinajstić information content (AvgIpc) is 2.42. The summed E-state index contributed by atoms with van der Waals surface area (Å²) >= 11 is 3.42. The lowest BCUT2D eigenvalue weighted by Gasteiger charge is -2.08. The fourth-order valence-corrected chi connectivity index (χ4v) is 2.16. The molecule has 0 aliphatic carbocycles. The van der Waals surface area contributed by atoms with E-state index in [1.54, 1.807) is 12.1 Å². The van der Waals surface area contributed by atoms with Crippen molar-refractivity contribution in [3.63, 3.8) is 0 Å². The number of pyridine rings is 1. The highest BCUT2D eigenvalue weighted by Gasteiger charge is 2.09. The molecule has 0 bridgehead atoms. The van der Waals surface area contributed by atoms with Crippen LogP contribution in [0.4, 0.5) is 11.5 Å². The fourth-order valence-electron chi connectivity index (χ4n) is 1.57. The first-order chi connectivity index (χ1) is 9.10. The van der Waals surface area contributed by atoms with E-state index >= 15 is 0 Å². The van der Waals surface area contributed by atoms with Gasteiger partial charge in [-0.05, 0) is 52.7 Å². The highest BCUT2D eigenvalue weighted by atomic mass is 79.9. The maximum atomic E-state index is 12.1. The number of aryl methyl sites for hydroxylation is 1. The monoisotopic (exact) mass is 320 g/mol. The number of benzene rings is 1. The Kier molecular flexibility index (Phi) is 4.13. The Morgan fingerprint density at radius 2 is 2.11 bits per heavy atom. The zero-order valence-electron chi connectivity index (χ0n) is 10.3. The van der Waals surface area contributed by atoms with Crippen LogP contribution in [0.15, 0.2) is 41.0 Å². The lowest BCUT2D eigenvalue weighted by Crippen LogP contribution is -2.14. The van der Waals surface area contributed by atoms with Crippen LogP contribution in [0, 0.1) is 6.92 Å². The average molecular weight is 321 g/mol. The smallest absolute Gasteiger partial charge is 0.255 e. The van der Waals surface area contributed by atoms with Crippen molar-refractivity contribution in [2.75, 3.05) is 10.7 Å². The van der Waals surface area contributed by atoms with Crippen LogP contribution in [-0.2, 0) is 0 Å². The number of nitrogen functional groups attached to an aromatic ring is 1. The number of nitrogens with zero attached hydrogens (tertiary/aromatic N) is 1. The van der Waals surface area contributed by atoms with Crippen molar-refractivity contribution in [3.05, 3.63) is 52.1 Å². The number of amides is 1. The van der Waals surface area contributed by atoms with E-state index < -0.39 is 0 Å². The molecule has 5 nitrogen and oxygen atoms in total. The van der Waals surface area contributed by atoms with E-state index in [-0.39, 0.29) is 5.91 Å². The van der Waals surface area contributed by atoms with Gasteiger partial charge in [-0.1, -0.05) is 6.07 Å². The first-order valence-corrected chi connectivity index (χ1v) is 6.39. The van der Waals surface area contributed by atoms with E-state index in [9.17, 15) is 4.79 Å². The number of nitrogens with two attached hydrogens (primary N) is 1. The molecule has 0 saturated carbocycles. The molecule has 0 saturated heterocycles. The maximum Gasteiger partial charge on any atom is 0.255 e. The summed E-state index contributed by atoms with van der Waals surface area (Å²) in [7, 11) is 0. The zero-order chi connectivity index (χ0) is 13.8. The van der Waals surface area contributed by atoms with Gasteiger partial charge in [0, 0.05) is 16.2 Å². The number of nitrogens with one attached hydrogen (secondary N) is 2. The summed E-state index contributed by atoms with van der Waals surface area (Å²) in [5, 5.41) is 2.82. The van der Waals surface area contributed by atoms with Gasteiger partial charge in [-0.2, -0.15) is 0 Å². The summed E-state index contributed by atoms with van der Waals surface area (Å²) in [6.07, 6.45) is 1.52. The molecule has 0 aliphatic heterocycles. The predicted molar refractivity (Wildman–Crippen MR) is 78.9 cm³/mol. The molecule has 19 heavy (non-hydrogen) atoms. The largest absolute Gasteiger partial charge is 0.321 e. The van der Waals surface area contributed by atoms with Crippen LogP contribution in [0.1, 0.15) is 15.9 Å². The fraction of sp³-hybridized carbons (Fsp3) is 0.0769. The number of hydrogen-bond donors (Lipinski definition) is 3.